The first-order valence-electron chi connectivity index (χ1n) is 5.22. The van der Waals surface area contributed by atoms with Gasteiger partial charge in [-0.05, 0) is 24.5 Å². The van der Waals surface area contributed by atoms with Crippen molar-refractivity contribution in [2.45, 2.75) is 26.2 Å². The van der Waals surface area contributed by atoms with Gasteiger partial charge in [0, 0.05) is 5.92 Å². The summed E-state index contributed by atoms with van der Waals surface area (Å²) < 4.78 is 0. The molecule has 0 saturated carbocycles. The minimum absolute atomic E-state index is 0.599. The Bertz CT molecular complexity index is 383. The van der Waals surface area contributed by atoms with E-state index in [9.17, 15) is 0 Å². The second-order valence-corrected chi connectivity index (χ2v) is 3.86. The summed E-state index contributed by atoms with van der Waals surface area (Å²) in [5.41, 5.74) is 4.53. The van der Waals surface area contributed by atoms with Crippen LogP contribution in [-0.2, 0) is 6.42 Å². The standard InChI is InChI=1S/C14H16/c1-3-4-7-12-10-13-8-5-6-9-14(13)11(12)2/h3-9,11H,10H2,1-2H3/b4-3-,12-7+. The highest BCUT2D eigenvalue weighted by molar-refractivity contribution is 5.45. The third-order valence-electron chi connectivity index (χ3n) is 2.98. The Morgan fingerprint density at radius 2 is 2.07 bits per heavy atom. The minimum atomic E-state index is 0.599. The average Bonchev–Trinajstić information content (AvgIpc) is 2.54. The van der Waals surface area contributed by atoms with Crippen molar-refractivity contribution >= 4 is 0 Å². The largest absolute Gasteiger partial charge is 0.0877 e. The fraction of sp³-hybridized carbons (Fsp3) is 0.286. The highest BCUT2D eigenvalue weighted by Crippen LogP contribution is 2.36. The topological polar surface area (TPSA) is 0 Å². The molecule has 0 aliphatic heterocycles. The van der Waals surface area contributed by atoms with Crippen LogP contribution >= 0.6 is 0 Å². The van der Waals surface area contributed by atoms with Gasteiger partial charge in [0.1, 0.15) is 0 Å². The van der Waals surface area contributed by atoms with Gasteiger partial charge < -0.3 is 0 Å². The summed E-state index contributed by atoms with van der Waals surface area (Å²) in [5.74, 6) is 0.599. The maximum atomic E-state index is 2.29. The summed E-state index contributed by atoms with van der Waals surface area (Å²) in [7, 11) is 0. The van der Waals surface area contributed by atoms with Gasteiger partial charge in [-0.3, -0.25) is 0 Å². The summed E-state index contributed by atoms with van der Waals surface area (Å²) in [6.45, 7) is 4.35. The fourth-order valence-electron chi connectivity index (χ4n) is 2.11. The number of hydrogen-bond donors (Lipinski definition) is 0. The van der Waals surface area contributed by atoms with Crippen LogP contribution in [0.1, 0.15) is 30.9 Å². The molecular formula is C14H16. The Kier molecular flexibility index (Phi) is 2.53. The molecule has 1 aliphatic carbocycles. The van der Waals surface area contributed by atoms with E-state index in [4.69, 9.17) is 0 Å². The van der Waals surface area contributed by atoms with Gasteiger partial charge in [0.05, 0.1) is 0 Å². The van der Waals surface area contributed by atoms with Crippen molar-refractivity contribution in [3.63, 3.8) is 0 Å². The van der Waals surface area contributed by atoms with Crippen molar-refractivity contribution in [2.24, 2.45) is 0 Å². The molecule has 0 aromatic heterocycles. The van der Waals surface area contributed by atoms with Crippen LogP contribution < -0.4 is 0 Å². The maximum Gasteiger partial charge on any atom is 0.00291 e. The van der Waals surface area contributed by atoms with Crippen molar-refractivity contribution in [1.82, 2.24) is 0 Å². The van der Waals surface area contributed by atoms with Gasteiger partial charge >= 0.3 is 0 Å². The lowest BCUT2D eigenvalue weighted by Crippen LogP contribution is -1.88. The van der Waals surface area contributed by atoms with E-state index in [1.54, 1.807) is 0 Å². The molecular weight excluding hydrogens is 168 g/mol. The monoisotopic (exact) mass is 184 g/mol. The summed E-state index contributed by atoms with van der Waals surface area (Å²) >= 11 is 0. The smallest absolute Gasteiger partial charge is 0.00291 e. The second-order valence-electron chi connectivity index (χ2n) is 3.86. The normalized spacial score (nSPS) is 23.3. The number of fused-ring (bicyclic) bond motifs is 1. The molecule has 14 heavy (non-hydrogen) atoms. The predicted molar refractivity (Wildman–Crippen MR) is 61.5 cm³/mol. The van der Waals surface area contributed by atoms with Crippen molar-refractivity contribution in [3.05, 3.63) is 59.2 Å². The van der Waals surface area contributed by atoms with Crippen molar-refractivity contribution in [1.29, 1.82) is 0 Å². The van der Waals surface area contributed by atoms with Gasteiger partial charge in [-0.25, -0.2) is 0 Å². The maximum absolute atomic E-state index is 2.29. The van der Waals surface area contributed by atoms with E-state index in [-0.39, 0.29) is 0 Å². The number of hydrogen-bond acceptors (Lipinski definition) is 0. The van der Waals surface area contributed by atoms with Crippen LogP contribution in [-0.4, -0.2) is 0 Å². The molecule has 0 bridgehead atoms. The SMILES string of the molecule is C/C=C\C=C1/Cc2ccccc2C1C. The quantitative estimate of drug-likeness (QED) is 0.622. The lowest BCUT2D eigenvalue weighted by molar-refractivity contribution is 0.926. The molecule has 0 heterocycles. The molecule has 2 rings (SSSR count). The van der Waals surface area contributed by atoms with Crippen LogP contribution in [0.4, 0.5) is 0 Å². The van der Waals surface area contributed by atoms with E-state index in [1.807, 2.05) is 0 Å². The van der Waals surface area contributed by atoms with E-state index in [2.05, 4.69) is 56.3 Å². The van der Waals surface area contributed by atoms with Gasteiger partial charge in [0.2, 0.25) is 0 Å². The van der Waals surface area contributed by atoms with E-state index in [1.165, 1.54) is 16.7 Å². The van der Waals surface area contributed by atoms with E-state index in [0.717, 1.165) is 6.42 Å². The van der Waals surface area contributed by atoms with Gasteiger partial charge in [0.15, 0.2) is 0 Å². The van der Waals surface area contributed by atoms with Gasteiger partial charge in [-0.15, -0.1) is 0 Å². The Morgan fingerprint density at radius 3 is 2.79 bits per heavy atom. The zero-order valence-corrected chi connectivity index (χ0v) is 8.83. The number of rotatable bonds is 1. The Labute approximate surface area is 86.0 Å². The molecule has 1 aliphatic rings. The zero-order chi connectivity index (χ0) is 9.97. The van der Waals surface area contributed by atoms with Crippen LogP contribution in [0, 0.1) is 0 Å². The fourth-order valence-corrected chi connectivity index (χ4v) is 2.11. The second kappa shape index (κ2) is 3.83. The summed E-state index contributed by atoms with van der Waals surface area (Å²) in [6.07, 6.45) is 7.60. The van der Waals surface area contributed by atoms with Gasteiger partial charge in [0.25, 0.3) is 0 Å². The van der Waals surface area contributed by atoms with Crippen molar-refractivity contribution in [3.8, 4) is 0 Å². The van der Waals surface area contributed by atoms with Crippen LogP contribution in [0.15, 0.2) is 48.1 Å². The van der Waals surface area contributed by atoms with Crippen LogP contribution in [0.2, 0.25) is 0 Å². The molecule has 1 atom stereocenters. The Morgan fingerprint density at radius 1 is 1.29 bits per heavy atom. The molecule has 0 N–H and O–H groups in total. The van der Waals surface area contributed by atoms with Crippen LogP contribution in [0.5, 0.6) is 0 Å². The van der Waals surface area contributed by atoms with E-state index >= 15 is 0 Å². The Hall–Kier alpha value is -1.30. The molecule has 0 amide bonds. The molecule has 0 saturated heterocycles. The molecule has 1 aromatic rings. The number of allylic oxidation sites excluding steroid dienone is 4. The van der Waals surface area contributed by atoms with Gasteiger partial charge in [-0.1, -0.05) is 55.0 Å². The third kappa shape index (κ3) is 1.52. The summed E-state index contributed by atoms with van der Waals surface area (Å²) in [5, 5.41) is 0. The molecule has 1 aromatic carbocycles. The lowest BCUT2D eigenvalue weighted by Gasteiger charge is -2.04. The molecule has 1 unspecified atom stereocenters. The molecule has 0 fully saturated rings. The van der Waals surface area contributed by atoms with E-state index < -0.39 is 0 Å². The molecule has 0 spiro atoms. The minimum Gasteiger partial charge on any atom is -0.0877 e. The zero-order valence-electron chi connectivity index (χ0n) is 8.83. The highest BCUT2D eigenvalue weighted by atomic mass is 14.3. The lowest BCUT2D eigenvalue weighted by atomic mass is 10.00. The van der Waals surface area contributed by atoms with Gasteiger partial charge in [-0.2, -0.15) is 0 Å². The summed E-state index contributed by atoms with van der Waals surface area (Å²) in [4.78, 5) is 0. The van der Waals surface area contributed by atoms with Crippen LogP contribution in [0.3, 0.4) is 0 Å². The molecule has 0 radical (unpaired) electrons. The highest BCUT2D eigenvalue weighted by Gasteiger charge is 2.21. The molecule has 72 valence electrons. The van der Waals surface area contributed by atoms with Crippen molar-refractivity contribution < 1.29 is 0 Å². The van der Waals surface area contributed by atoms with E-state index in [0.29, 0.717) is 5.92 Å². The predicted octanol–water partition coefficient (Wildman–Crippen LogP) is 3.85. The van der Waals surface area contributed by atoms with Crippen molar-refractivity contribution in [2.75, 3.05) is 0 Å². The first kappa shape index (κ1) is 9.26. The first-order valence-corrected chi connectivity index (χ1v) is 5.22. The number of benzene rings is 1. The average molecular weight is 184 g/mol. The summed E-state index contributed by atoms with van der Waals surface area (Å²) in [6, 6.07) is 8.75. The Balaban J connectivity index is 2.34. The molecule has 0 heteroatoms. The first-order chi connectivity index (χ1) is 6.83. The third-order valence-corrected chi connectivity index (χ3v) is 2.98. The molecule has 0 nitrogen and oxygen atoms in total. The van der Waals surface area contributed by atoms with Crippen LogP contribution in [0.25, 0.3) is 0 Å².